The Balaban J connectivity index is 1.90. The van der Waals surface area contributed by atoms with Crippen molar-refractivity contribution in [1.29, 1.82) is 0 Å². The zero-order valence-electron chi connectivity index (χ0n) is 14.0. The van der Waals surface area contributed by atoms with Gasteiger partial charge in [-0.15, -0.1) is 0 Å². The van der Waals surface area contributed by atoms with E-state index in [4.69, 9.17) is 32.7 Å². The summed E-state index contributed by atoms with van der Waals surface area (Å²) in [4.78, 5) is 24.2. The first-order valence-corrected chi connectivity index (χ1v) is 8.40. The smallest absolute Gasteiger partial charge is 0.347 e. The summed E-state index contributed by atoms with van der Waals surface area (Å²) in [6.45, 7) is 2.90. The van der Waals surface area contributed by atoms with Crippen LogP contribution in [0.15, 0.2) is 42.5 Å². The third-order valence-corrected chi connectivity index (χ3v) is 3.87. The number of carbonyl (C=O) groups excluding carboxylic acids is 2. The van der Waals surface area contributed by atoms with Crippen LogP contribution in [-0.4, -0.2) is 24.1 Å². The molecule has 0 bridgehead atoms. The van der Waals surface area contributed by atoms with E-state index >= 15 is 0 Å². The lowest BCUT2D eigenvalue weighted by molar-refractivity contribution is -0.159. The fraction of sp³-hybridized carbons (Fsp3) is 0.222. The second-order valence-electron chi connectivity index (χ2n) is 5.41. The molecule has 26 heavy (non-hydrogen) atoms. The van der Waals surface area contributed by atoms with Crippen molar-refractivity contribution in [3.8, 4) is 5.75 Å². The second-order valence-corrected chi connectivity index (χ2v) is 6.25. The Hall–Kier alpha value is -2.31. The van der Waals surface area contributed by atoms with E-state index in [9.17, 15) is 14.0 Å². The molecule has 0 aliphatic carbocycles. The van der Waals surface area contributed by atoms with Gasteiger partial charge in [-0.1, -0.05) is 23.2 Å². The molecule has 2 rings (SSSR count). The van der Waals surface area contributed by atoms with Crippen LogP contribution < -0.4 is 10.1 Å². The topological polar surface area (TPSA) is 64.6 Å². The Bertz CT molecular complexity index is 798. The molecule has 0 fully saturated rings. The molecule has 0 spiro atoms. The molecular formula is C18H16Cl2FNO4. The van der Waals surface area contributed by atoms with Gasteiger partial charge in [0.05, 0.1) is 10.7 Å². The molecule has 2 atom stereocenters. The van der Waals surface area contributed by atoms with Gasteiger partial charge in [0.15, 0.2) is 12.2 Å². The molecule has 2 aromatic rings. The van der Waals surface area contributed by atoms with Gasteiger partial charge < -0.3 is 14.8 Å². The third kappa shape index (κ3) is 5.61. The molecule has 0 aromatic heterocycles. The molecule has 0 saturated heterocycles. The molecule has 0 aliphatic rings. The number of esters is 1. The Morgan fingerprint density at radius 1 is 1.04 bits per heavy atom. The lowest BCUT2D eigenvalue weighted by Gasteiger charge is -2.18. The molecule has 1 amide bonds. The van der Waals surface area contributed by atoms with Gasteiger partial charge in [-0.25, -0.2) is 9.18 Å². The molecule has 0 radical (unpaired) electrons. The minimum absolute atomic E-state index is 0.0383. The number of hydrogen-bond donors (Lipinski definition) is 1. The number of benzene rings is 2. The summed E-state index contributed by atoms with van der Waals surface area (Å²) in [5.74, 6) is -1.41. The largest absolute Gasteiger partial charge is 0.479 e. The number of nitrogens with one attached hydrogen (secondary N) is 1. The average molecular weight is 400 g/mol. The predicted molar refractivity (Wildman–Crippen MR) is 97.1 cm³/mol. The quantitative estimate of drug-likeness (QED) is 0.727. The van der Waals surface area contributed by atoms with Crippen molar-refractivity contribution >= 4 is 40.8 Å². The summed E-state index contributed by atoms with van der Waals surface area (Å²) >= 11 is 11.6. The third-order valence-electron chi connectivity index (χ3n) is 3.31. The monoisotopic (exact) mass is 399 g/mol. The number of carbonyl (C=O) groups is 2. The van der Waals surface area contributed by atoms with Crippen LogP contribution in [0.2, 0.25) is 10.0 Å². The molecule has 0 saturated carbocycles. The zero-order chi connectivity index (χ0) is 19.3. The molecule has 0 aliphatic heterocycles. The second kappa shape index (κ2) is 8.87. The van der Waals surface area contributed by atoms with E-state index in [2.05, 4.69) is 5.32 Å². The lowest BCUT2D eigenvalue weighted by Crippen LogP contribution is -2.35. The molecule has 8 heteroatoms. The van der Waals surface area contributed by atoms with E-state index in [1.54, 1.807) is 24.3 Å². The van der Waals surface area contributed by atoms with Crippen molar-refractivity contribution in [2.75, 3.05) is 5.32 Å². The highest BCUT2D eigenvalue weighted by Crippen LogP contribution is 2.23. The Kier molecular flexibility index (Phi) is 6.83. The fourth-order valence-corrected chi connectivity index (χ4v) is 2.25. The minimum Gasteiger partial charge on any atom is -0.479 e. The molecular weight excluding hydrogens is 384 g/mol. The van der Waals surface area contributed by atoms with Crippen LogP contribution in [-0.2, 0) is 14.3 Å². The molecule has 138 valence electrons. The molecule has 0 unspecified atom stereocenters. The first-order valence-electron chi connectivity index (χ1n) is 7.65. The normalized spacial score (nSPS) is 12.8. The van der Waals surface area contributed by atoms with E-state index in [1.165, 1.54) is 19.9 Å². The maximum Gasteiger partial charge on any atom is 0.347 e. The maximum atomic E-state index is 13.0. The number of rotatable bonds is 6. The van der Waals surface area contributed by atoms with Gasteiger partial charge in [-0.05, 0) is 56.3 Å². The first-order chi connectivity index (χ1) is 12.3. The summed E-state index contributed by atoms with van der Waals surface area (Å²) < 4.78 is 23.5. The minimum atomic E-state index is -1.10. The van der Waals surface area contributed by atoms with E-state index in [-0.39, 0.29) is 10.7 Å². The van der Waals surface area contributed by atoms with E-state index in [1.807, 2.05) is 0 Å². The van der Waals surface area contributed by atoms with Crippen molar-refractivity contribution in [3.63, 3.8) is 0 Å². The Morgan fingerprint density at radius 2 is 1.69 bits per heavy atom. The molecule has 2 aromatic carbocycles. The molecule has 1 N–H and O–H groups in total. The van der Waals surface area contributed by atoms with Crippen molar-refractivity contribution < 1.29 is 23.5 Å². The summed E-state index contributed by atoms with van der Waals surface area (Å²) in [6, 6.07) is 10.00. The first kappa shape index (κ1) is 20.0. The summed E-state index contributed by atoms with van der Waals surface area (Å²) in [7, 11) is 0. The fourth-order valence-electron chi connectivity index (χ4n) is 1.91. The van der Waals surface area contributed by atoms with Gasteiger partial charge >= 0.3 is 5.97 Å². The summed E-state index contributed by atoms with van der Waals surface area (Å²) in [6.07, 6.45) is -2.03. The highest BCUT2D eigenvalue weighted by atomic mass is 35.5. The van der Waals surface area contributed by atoms with Gasteiger partial charge in [0.1, 0.15) is 11.6 Å². The van der Waals surface area contributed by atoms with Crippen LogP contribution in [0.5, 0.6) is 5.75 Å². The molecule has 5 nitrogen and oxygen atoms in total. The van der Waals surface area contributed by atoms with E-state index in [0.717, 1.165) is 12.1 Å². The predicted octanol–water partition coefficient (Wildman–Crippen LogP) is 4.47. The van der Waals surface area contributed by atoms with Gasteiger partial charge in [0.25, 0.3) is 5.91 Å². The van der Waals surface area contributed by atoms with Crippen LogP contribution in [0.1, 0.15) is 13.8 Å². The van der Waals surface area contributed by atoms with Crippen LogP contribution in [0.25, 0.3) is 0 Å². The van der Waals surface area contributed by atoms with Gasteiger partial charge in [0.2, 0.25) is 0 Å². The average Bonchev–Trinajstić information content (AvgIpc) is 2.59. The standard InChI is InChI=1S/C18H16Cl2FNO4/c1-10(17(23)22-16-8-5-13(21)9-15(16)20)26-18(24)11(2)25-14-6-3-12(19)4-7-14/h3-11H,1-2H3,(H,22,23)/t10-,11+/m0/s1. The van der Waals surface area contributed by atoms with Crippen molar-refractivity contribution in [3.05, 3.63) is 58.3 Å². The van der Waals surface area contributed by atoms with Gasteiger partial charge in [-0.3, -0.25) is 4.79 Å². The van der Waals surface area contributed by atoms with Crippen LogP contribution >= 0.6 is 23.2 Å². The Morgan fingerprint density at radius 3 is 2.31 bits per heavy atom. The van der Waals surface area contributed by atoms with Crippen LogP contribution in [0.4, 0.5) is 10.1 Å². The highest BCUT2D eigenvalue weighted by molar-refractivity contribution is 6.33. The SMILES string of the molecule is C[C@H](OC(=O)[C@@H](C)Oc1ccc(Cl)cc1)C(=O)Nc1ccc(F)cc1Cl. The summed E-state index contributed by atoms with van der Waals surface area (Å²) in [5.41, 5.74) is 0.214. The van der Waals surface area contributed by atoms with E-state index < -0.39 is 29.9 Å². The highest BCUT2D eigenvalue weighted by Gasteiger charge is 2.23. The van der Waals surface area contributed by atoms with Crippen LogP contribution in [0.3, 0.4) is 0 Å². The van der Waals surface area contributed by atoms with Crippen molar-refractivity contribution in [2.45, 2.75) is 26.1 Å². The number of anilines is 1. The number of hydrogen-bond acceptors (Lipinski definition) is 4. The van der Waals surface area contributed by atoms with Crippen molar-refractivity contribution in [2.24, 2.45) is 0 Å². The van der Waals surface area contributed by atoms with Crippen LogP contribution in [0, 0.1) is 5.82 Å². The summed E-state index contributed by atoms with van der Waals surface area (Å²) in [5, 5.41) is 3.04. The zero-order valence-corrected chi connectivity index (χ0v) is 15.5. The van der Waals surface area contributed by atoms with Gasteiger partial charge in [-0.2, -0.15) is 0 Å². The number of ether oxygens (including phenoxy) is 2. The molecule has 0 heterocycles. The lowest BCUT2D eigenvalue weighted by atomic mass is 10.3. The van der Waals surface area contributed by atoms with Crippen molar-refractivity contribution in [1.82, 2.24) is 0 Å². The van der Waals surface area contributed by atoms with Gasteiger partial charge in [0, 0.05) is 5.02 Å². The van der Waals surface area contributed by atoms with E-state index in [0.29, 0.717) is 10.8 Å². The Labute approximate surface area is 160 Å². The maximum absolute atomic E-state index is 13.0. The number of amides is 1. The number of halogens is 3.